The van der Waals surface area contributed by atoms with Crippen molar-refractivity contribution < 1.29 is 19.2 Å². The van der Waals surface area contributed by atoms with Crippen LogP contribution in [-0.4, -0.2) is 28.9 Å². The maximum atomic E-state index is 12.6. The summed E-state index contributed by atoms with van der Waals surface area (Å²) < 4.78 is 4.60. The van der Waals surface area contributed by atoms with Gasteiger partial charge in [0, 0.05) is 28.5 Å². The van der Waals surface area contributed by atoms with Crippen molar-refractivity contribution in [3.63, 3.8) is 0 Å². The molecule has 1 aromatic heterocycles. The molecule has 0 saturated carbocycles. The molecule has 8 nitrogen and oxygen atoms in total. The first-order valence-corrected chi connectivity index (χ1v) is 9.43. The van der Waals surface area contributed by atoms with Crippen LogP contribution in [0.15, 0.2) is 18.2 Å². The average Bonchev–Trinajstić information content (AvgIpc) is 3.09. The summed E-state index contributed by atoms with van der Waals surface area (Å²) in [6, 6.07) is 3.48. The lowest BCUT2D eigenvalue weighted by molar-refractivity contribution is -0.384. The highest BCUT2D eigenvalue weighted by atomic mass is 32.1. The van der Waals surface area contributed by atoms with Crippen molar-refractivity contribution in [1.29, 1.82) is 0 Å². The summed E-state index contributed by atoms with van der Waals surface area (Å²) >= 11 is 1.43. The van der Waals surface area contributed by atoms with E-state index in [0.29, 0.717) is 11.0 Å². The second kappa shape index (κ2) is 7.83. The first kappa shape index (κ1) is 19.0. The number of amides is 1. The SMILES string of the molecule is CCC1CCCc2sc(NC(=O)c3cc(C(=O)OC)cc([N+](=O)[O-])c3)nc21. The Morgan fingerprint density at radius 1 is 1.37 bits per heavy atom. The van der Waals surface area contributed by atoms with Crippen LogP contribution in [0.3, 0.4) is 0 Å². The molecule has 9 heteroatoms. The summed E-state index contributed by atoms with van der Waals surface area (Å²) in [6.07, 6.45) is 4.14. The Hall–Kier alpha value is -2.81. The van der Waals surface area contributed by atoms with E-state index in [9.17, 15) is 19.7 Å². The van der Waals surface area contributed by atoms with Crippen molar-refractivity contribution in [3.8, 4) is 0 Å². The molecule has 3 rings (SSSR count). The lowest BCUT2D eigenvalue weighted by Crippen LogP contribution is -2.14. The summed E-state index contributed by atoms with van der Waals surface area (Å²) in [5.41, 5.74) is 0.636. The Bertz CT molecular complexity index is 908. The normalized spacial score (nSPS) is 15.7. The van der Waals surface area contributed by atoms with Gasteiger partial charge in [-0.05, 0) is 31.7 Å². The van der Waals surface area contributed by atoms with E-state index < -0.39 is 16.8 Å². The molecule has 1 atom stereocenters. The third-order valence-electron chi connectivity index (χ3n) is 4.60. The van der Waals surface area contributed by atoms with Crippen molar-refractivity contribution in [3.05, 3.63) is 50.0 Å². The van der Waals surface area contributed by atoms with Crippen LogP contribution in [0.2, 0.25) is 0 Å². The highest BCUT2D eigenvalue weighted by Crippen LogP contribution is 2.38. The second-order valence-electron chi connectivity index (χ2n) is 6.30. The first-order chi connectivity index (χ1) is 12.9. The number of nitro groups is 1. The molecule has 0 spiro atoms. The van der Waals surface area contributed by atoms with Crippen LogP contribution in [0, 0.1) is 10.1 Å². The molecule has 1 unspecified atom stereocenters. The molecule has 1 aliphatic rings. The van der Waals surface area contributed by atoms with E-state index in [1.54, 1.807) is 0 Å². The van der Waals surface area contributed by atoms with Gasteiger partial charge in [-0.15, -0.1) is 11.3 Å². The number of hydrogen-bond donors (Lipinski definition) is 1. The fourth-order valence-electron chi connectivity index (χ4n) is 3.21. The van der Waals surface area contributed by atoms with Crippen LogP contribution in [0.4, 0.5) is 10.8 Å². The van der Waals surface area contributed by atoms with Crippen LogP contribution in [0.25, 0.3) is 0 Å². The van der Waals surface area contributed by atoms with E-state index in [1.165, 1.54) is 29.4 Å². The number of nitrogens with zero attached hydrogens (tertiary/aromatic N) is 2. The second-order valence-corrected chi connectivity index (χ2v) is 7.38. The lowest BCUT2D eigenvalue weighted by Gasteiger charge is -2.18. The smallest absolute Gasteiger partial charge is 0.338 e. The number of benzene rings is 1. The van der Waals surface area contributed by atoms with E-state index >= 15 is 0 Å². The van der Waals surface area contributed by atoms with Crippen LogP contribution in [0.5, 0.6) is 0 Å². The number of hydrogen-bond acceptors (Lipinski definition) is 7. The minimum absolute atomic E-state index is 0.00446. The molecular weight excluding hydrogens is 370 g/mol. The number of carbonyl (C=O) groups excluding carboxylic acids is 2. The van der Waals surface area contributed by atoms with Gasteiger partial charge in [0.15, 0.2) is 5.13 Å². The van der Waals surface area contributed by atoms with Gasteiger partial charge in [-0.1, -0.05) is 6.92 Å². The maximum Gasteiger partial charge on any atom is 0.338 e. The van der Waals surface area contributed by atoms with Crippen LogP contribution in [0.1, 0.15) is 63.4 Å². The molecule has 1 amide bonds. The predicted octanol–water partition coefficient (Wildman–Crippen LogP) is 3.92. The number of nitro benzene ring substituents is 1. The topological polar surface area (TPSA) is 111 Å². The number of rotatable bonds is 5. The molecule has 142 valence electrons. The highest BCUT2D eigenvalue weighted by molar-refractivity contribution is 7.15. The fourth-order valence-corrected chi connectivity index (χ4v) is 4.30. The molecule has 0 bridgehead atoms. The number of aryl methyl sites for hydroxylation is 1. The quantitative estimate of drug-likeness (QED) is 0.471. The van der Waals surface area contributed by atoms with Crippen LogP contribution >= 0.6 is 11.3 Å². The van der Waals surface area contributed by atoms with Gasteiger partial charge >= 0.3 is 5.97 Å². The fraction of sp³-hybridized carbons (Fsp3) is 0.389. The number of ether oxygens (including phenoxy) is 1. The van der Waals surface area contributed by atoms with Gasteiger partial charge in [-0.2, -0.15) is 0 Å². The minimum atomic E-state index is -0.747. The van der Waals surface area contributed by atoms with Gasteiger partial charge < -0.3 is 4.74 Å². The Morgan fingerprint density at radius 2 is 2.11 bits per heavy atom. The van der Waals surface area contributed by atoms with Gasteiger partial charge in [0.05, 0.1) is 23.3 Å². The number of anilines is 1. The van der Waals surface area contributed by atoms with Crippen molar-refractivity contribution in [2.75, 3.05) is 12.4 Å². The predicted molar refractivity (Wildman–Crippen MR) is 100 cm³/mol. The molecular formula is C18H19N3O5S. The van der Waals surface area contributed by atoms with Crippen LogP contribution < -0.4 is 5.32 Å². The number of non-ortho nitro benzene ring substituents is 1. The summed E-state index contributed by atoms with van der Waals surface area (Å²) in [5.74, 6) is -0.898. The Labute approximate surface area is 159 Å². The number of thiazole rings is 1. The number of aromatic nitrogens is 1. The number of carbonyl (C=O) groups is 2. The van der Waals surface area contributed by atoms with E-state index in [1.807, 2.05) is 0 Å². The Morgan fingerprint density at radius 3 is 2.78 bits per heavy atom. The maximum absolute atomic E-state index is 12.6. The average molecular weight is 389 g/mol. The Kier molecular flexibility index (Phi) is 5.50. The largest absolute Gasteiger partial charge is 0.465 e. The van der Waals surface area contributed by atoms with Crippen molar-refractivity contribution in [2.24, 2.45) is 0 Å². The highest BCUT2D eigenvalue weighted by Gasteiger charge is 2.25. The molecule has 0 saturated heterocycles. The van der Waals surface area contributed by atoms with Gasteiger partial charge in [0.1, 0.15) is 0 Å². The van der Waals surface area contributed by atoms with E-state index in [-0.39, 0.29) is 16.8 Å². The van der Waals surface area contributed by atoms with Crippen molar-refractivity contribution in [2.45, 2.75) is 38.5 Å². The number of fused-ring (bicyclic) bond motifs is 1. The van der Waals surface area contributed by atoms with Gasteiger partial charge in [0.2, 0.25) is 0 Å². The summed E-state index contributed by atoms with van der Waals surface area (Å²) in [6.45, 7) is 2.12. The summed E-state index contributed by atoms with van der Waals surface area (Å²) in [7, 11) is 1.17. The molecule has 1 N–H and O–H groups in total. The number of nitrogens with one attached hydrogen (secondary N) is 1. The summed E-state index contributed by atoms with van der Waals surface area (Å²) in [4.78, 5) is 40.5. The molecule has 27 heavy (non-hydrogen) atoms. The van der Waals surface area contributed by atoms with Gasteiger partial charge in [-0.3, -0.25) is 20.2 Å². The molecule has 1 aliphatic carbocycles. The number of methoxy groups -OCH3 is 1. The minimum Gasteiger partial charge on any atom is -0.465 e. The third-order valence-corrected chi connectivity index (χ3v) is 5.64. The Balaban J connectivity index is 1.88. The van der Waals surface area contributed by atoms with Gasteiger partial charge in [0.25, 0.3) is 11.6 Å². The zero-order valence-corrected chi connectivity index (χ0v) is 15.8. The monoisotopic (exact) mass is 389 g/mol. The molecule has 1 heterocycles. The third kappa shape index (κ3) is 3.97. The summed E-state index contributed by atoms with van der Waals surface area (Å²) in [5, 5.41) is 14.3. The molecule has 1 aromatic carbocycles. The first-order valence-electron chi connectivity index (χ1n) is 8.61. The number of esters is 1. The van der Waals surface area contributed by atoms with Crippen molar-refractivity contribution in [1.82, 2.24) is 4.98 Å². The molecule has 2 aromatic rings. The van der Waals surface area contributed by atoms with Crippen molar-refractivity contribution >= 4 is 34.0 Å². The standard InChI is InChI=1S/C18H19N3O5S/c1-3-10-5-4-6-14-15(10)19-18(27-14)20-16(22)11-7-12(17(23)26-2)9-13(8-11)21(24)25/h7-10H,3-6H2,1-2H3,(H,19,20,22). The zero-order chi connectivity index (χ0) is 19.6. The lowest BCUT2D eigenvalue weighted by atomic mass is 9.89. The molecule has 0 radical (unpaired) electrons. The zero-order valence-electron chi connectivity index (χ0n) is 15.0. The molecule has 0 aliphatic heterocycles. The van der Waals surface area contributed by atoms with Gasteiger partial charge in [-0.25, -0.2) is 9.78 Å². The van der Waals surface area contributed by atoms with E-state index in [4.69, 9.17) is 0 Å². The van der Waals surface area contributed by atoms with E-state index in [0.717, 1.165) is 43.5 Å². The van der Waals surface area contributed by atoms with Crippen LogP contribution in [-0.2, 0) is 11.2 Å². The molecule has 0 fully saturated rings. The van der Waals surface area contributed by atoms with E-state index in [2.05, 4.69) is 22.0 Å².